The highest BCUT2D eigenvalue weighted by Crippen LogP contribution is 2.62. The van der Waals surface area contributed by atoms with E-state index in [1.807, 2.05) is 9.34 Å². The first kappa shape index (κ1) is 40.5. The molecule has 0 amide bonds. The number of hydrogen-bond donors (Lipinski definition) is 1. The molecule has 4 fully saturated rings. The van der Waals surface area contributed by atoms with Crippen LogP contribution in [0.1, 0.15) is 11.1 Å². The van der Waals surface area contributed by atoms with Gasteiger partial charge in [-0.2, -0.15) is 4.39 Å². The summed E-state index contributed by atoms with van der Waals surface area (Å²) in [4.78, 5) is 28.0. The van der Waals surface area contributed by atoms with Crippen LogP contribution in [0.15, 0.2) is 73.1 Å². The van der Waals surface area contributed by atoms with E-state index in [1.165, 1.54) is 48.8 Å². The molecule has 292 valence electrons. The van der Waals surface area contributed by atoms with E-state index in [2.05, 4.69) is 9.97 Å². The van der Waals surface area contributed by atoms with Crippen molar-refractivity contribution in [1.29, 1.82) is 0 Å². The molecule has 18 nitrogen and oxygen atoms in total. The van der Waals surface area contributed by atoms with Gasteiger partial charge in [0.15, 0.2) is 0 Å². The molecule has 0 radical (unpaired) electrons. The highest BCUT2D eigenvalue weighted by atomic mass is 35.5. The van der Waals surface area contributed by atoms with E-state index in [4.69, 9.17) is 42.1 Å². The van der Waals surface area contributed by atoms with E-state index in [9.17, 15) is 33.7 Å². The van der Waals surface area contributed by atoms with Crippen molar-refractivity contribution in [2.45, 2.75) is 13.2 Å². The molecular formula is C32H33Cl2FN8O10P2. The molecule has 2 aromatic carbocycles. The smallest absolute Gasteiger partial charge is 0.346 e. The lowest BCUT2D eigenvalue weighted by molar-refractivity contribution is -0.387. The molecule has 0 atom stereocenters. The number of hydrogen-bond acceptors (Lipinski definition) is 12. The van der Waals surface area contributed by atoms with Crippen LogP contribution in [0, 0.1) is 26.0 Å². The molecular weight excluding hydrogens is 808 g/mol. The van der Waals surface area contributed by atoms with Crippen molar-refractivity contribution < 1.29 is 42.3 Å². The van der Waals surface area contributed by atoms with Crippen molar-refractivity contribution in [2.24, 2.45) is 0 Å². The lowest BCUT2D eigenvalue weighted by Crippen LogP contribution is -2.08. The van der Waals surface area contributed by atoms with Gasteiger partial charge in [-0.05, 0) is 59.7 Å². The van der Waals surface area contributed by atoms with Crippen molar-refractivity contribution in [3.63, 3.8) is 0 Å². The van der Waals surface area contributed by atoms with Crippen LogP contribution in [0.4, 0.5) is 15.8 Å². The Morgan fingerprint density at radius 1 is 0.691 bits per heavy atom. The fourth-order valence-corrected chi connectivity index (χ4v) is 9.38. The molecule has 0 saturated carbocycles. The molecule has 1 N–H and O–H groups in total. The molecule has 55 heavy (non-hydrogen) atoms. The minimum atomic E-state index is -2.96. The Labute approximate surface area is 323 Å². The second-order valence-corrected chi connectivity index (χ2v) is 17.7. The van der Waals surface area contributed by atoms with Gasteiger partial charge >= 0.3 is 26.7 Å². The lowest BCUT2D eigenvalue weighted by atomic mass is 10.2. The van der Waals surface area contributed by atoms with E-state index < -0.39 is 36.7 Å². The first-order valence-corrected chi connectivity index (χ1v) is 20.4. The summed E-state index contributed by atoms with van der Waals surface area (Å²) in [6, 6.07) is 14.1. The van der Waals surface area contributed by atoms with E-state index in [1.54, 1.807) is 21.5 Å². The predicted molar refractivity (Wildman–Crippen MR) is 197 cm³/mol. The van der Waals surface area contributed by atoms with E-state index in [0.29, 0.717) is 27.2 Å². The van der Waals surface area contributed by atoms with Crippen molar-refractivity contribution >= 4 is 49.9 Å². The number of rotatable bonds is 14. The van der Waals surface area contributed by atoms with Crippen molar-refractivity contribution in [2.75, 3.05) is 52.4 Å². The molecule has 0 aliphatic carbocycles. The molecule has 8 rings (SSSR count). The minimum Gasteiger partial charge on any atom is -0.506 e. The summed E-state index contributed by atoms with van der Waals surface area (Å²) >= 11 is 11.1. The first-order chi connectivity index (χ1) is 26.2. The summed E-state index contributed by atoms with van der Waals surface area (Å²) in [5.41, 5.74) is 0.293. The van der Waals surface area contributed by atoms with Gasteiger partial charge in [0.1, 0.15) is 21.8 Å². The Balaban J connectivity index is 0.000000160. The molecule has 0 bridgehead atoms. The molecule has 23 heteroatoms. The molecule has 4 aliphatic rings. The zero-order valence-corrected chi connectivity index (χ0v) is 32.0. The van der Waals surface area contributed by atoms with Crippen LogP contribution in [0.3, 0.4) is 0 Å². The normalized spacial score (nSPS) is 16.6. The number of nitro groups is 2. The second-order valence-electron chi connectivity index (χ2n) is 12.2. The van der Waals surface area contributed by atoms with Gasteiger partial charge in [0.2, 0.25) is 11.6 Å². The lowest BCUT2D eigenvalue weighted by Gasteiger charge is -2.19. The quantitative estimate of drug-likeness (QED) is 0.0441. The summed E-state index contributed by atoms with van der Waals surface area (Å²) in [6.07, 6.45) is 2.67. The fourth-order valence-electron chi connectivity index (χ4n) is 4.78. The third kappa shape index (κ3) is 11.0. The zero-order valence-electron chi connectivity index (χ0n) is 28.7. The third-order valence-electron chi connectivity index (χ3n) is 7.99. The van der Waals surface area contributed by atoms with Crippen LogP contribution in [-0.4, -0.2) is 96.0 Å². The Kier molecular flexibility index (Phi) is 12.8. The van der Waals surface area contributed by atoms with Crippen LogP contribution in [-0.2, 0) is 31.4 Å². The molecule has 0 unspecified atom stereocenters. The molecule has 4 saturated heterocycles. The maximum Gasteiger partial charge on any atom is 0.346 e. The van der Waals surface area contributed by atoms with Crippen LogP contribution in [0.2, 0.25) is 10.3 Å². The van der Waals surface area contributed by atoms with Gasteiger partial charge in [-0.1, -0.05) is 23.2 Å². The van der Waals surface area contributed by atoms with Crippen LogP contribution < -0.4 is 4.74 Å². The number of benzene rings is 2. The Morgan fingerprint density at radius 2 is 1.15 bits per heavy atom. The number of nitrogens with zero attached hydrogens (tertiary/aromatic N) is 8. The van der Waals surface area contributed by atoms with E-state index >= 15 is 0 Å². The average molecular weight is 842 g/mol. The van der Waals surface area contributed by atoms with Crippen molar-refractivity contribution in [3.05, 3.63) is 121 Å². The Hall–Kier alpha value is -4.13. The SMILES string of the molecule is O=[N+]([O-])c1ccc(COP(=O)(N2CC2)N2CC2)cc1F.O=[N+]([O-])c1ccc(COP(=O)(N2CC2)N2CC2)cc1Oc1ccc(Cl)nc1.Oc1ccc(Cl)nc1. The largest absolute Gasteiger partial charge is 0.506 e. The number of nitro benzene ring substituents is 2. The molecule has 4 aromatic rings. The standard InChI is InChI=1S/C16H16ClN4O5P.C11H13FN3O4P.C5H4ClNO/c17-16-4-2-13(10-18-16)26-15-9-12(1-3-14(15)21(22)23)11-25-27(24,19-5-6-19)20-7-8-20;12-10-7-9(1-2-11(10)15(16)17)8-19-20(18,13-3-4-13)14-5-6-14;6-5-2-1-4(8)3-7-5/h1-4,9-10H,5-8,11H2;1-2,7H,3-6,8H2;1-3,8H. The molecule has 0 spiro atoms. The highest BCUT2D eigenvalue weighted by Gasteiger charge is 2.50. The molecule has 6 heterocycles. The maximum atomic E-state index is 13.5. The predicted octanol–water partition coefficient (Wildman–Crippen LogP) is 7.12. The van der Waals surface area contributed by atoms with Crippen LogP contribution >= 0.6 is 38.5 Å². The number of aromatic nitrogens is 2. The van der Waals surface area contributed by atoms with Gasteiger partial charge < -0.3 is 18.9 Å². The van der Waals surface area contributed by atoms with Gasteiger partial charge in [0, 0.05) is 64.5 Å². The average Bonchev–Trinajstić information content (AvgIpc) is 3.95. The molecule has 4 aliphatic heterocycles. The number of halogens is 3. The fraction of sp³-hybridized carbons (Fsp3) is 0.312. The summed E-state index contributed by atoms with van der Waals surface area (Å²) in [6.45, 7) is 6.02. The van der Waals surface area contributed by atoms with E-state index in [-0.39, 0.29) is 30.4 Å². The Morgan fingerprint density at radius 3 is 1.53 bits per heavy atom. The van der Waals surface area contributed by atoms with Gasteiger partial charge in [-0.15, -0.1) is 0 Å². The minimum absolute atomic E-state index is 0.0286. The summed E-state index contributed by atoms with van der Waals surface area (Å²) in [5, 5.41) is 31.1. The summed E-state index contributed by atoms with van der Waals surface area (Å²) in [7, 11) is -5.90. The Bertz CT molecular complexity index is 2070. The van der Waals surface area contributed by atoms with E-state index in [0.717, 1.165) is 64.5 Å². The van der Waals surface area contributed by atoms with Gasteiger partial charge in [-0.3, -0.25) is 29.4 Å². The molecule has 2 aromatic heterocycles. The number of pyridine rings is 2. The third-order valence-corrected chi connectivity index (χ3v) is 13.8. The topological polar surface area (TPSA) is 206 Å². The monoisotopic (exact) mass is 840 g/mol. The van der Waals surface area contributed by atoms with Crippen molar-refractivity contribution in [3.8, 4) is 17.2 Å². The second kappa shape index (κ2) is 17.3. The number of ether oxygens (including phenoxy) is 1. The van der Waals surface area contributed by atoms with Crippen molar-refractivity contribution in [1.82, 2.24) is 28.6 Å². The zero-order chi connectivity index (χ0) is 39.3. The van der Waals surface area contributed by atoms with Crippen LogP contribution in [0.5, 0.6) is 17.2 Å². The van der Waals surface area contributed by atoms with Gasteiger partial charge in [0.05, 0.1) is 35.5 Å². The first-order valence-electron chi connectivity index (χ1n) is 16.6. The highest BCUT2D eigenvalue weighted by molar-refractivity contribution is 7.54. The number of aromatic hydroxyl groups is 1. The van der Waals surface area contributed by atoms with Crippen LogP contribution in [0.25, 0.3) is 0 Å². The summed E-state index contributed by atoms with van der Waals surface area (Å²) < 4.78 is 63.0. The van der Waals surface area contributed by atoms with Gasteiger partial charge in [-0.25, -0.2) is 28.6 Å². The van der Waals surface area contributed by atoms with Gasteiger partial charge in [0.25, 0.3) is 0 Å². The summed E-state index contributed by atoms with van der Waals surface area (Å²) in [5.74, 6) is -0.406. The maximum absolute atomic E-state index is 13.5.